The largest absolute Gasteiger partial charge is 0.416 e. The Bertz CT molecular complexity index is 816. The van der Waals surface area contributed by atoms with Crippen LogP contribution in [-0.4, -0.2) is 53.3 Å². The third-order valence-electron chi connectivity index (χ3n) is 4.14. The van der Waals surface area contributed by atoms with Crippen LogP contribution in [0.3, 0.4) is 0 Å². The highest BCUT2D eigenvalue weighted by Gasteiger charge is 2.44. The molecule has 2 N–H and O–H groups in total. The number of primary amides is 1. The van der Waals surface area contributed by atoms with Crippen LogP contribution >= 0.6 is 0 Å². The Kier molecular flexibility index (Phi) is 4.42. The summed E-state index contributed by atoms with van der Waals surface area (Å²) in [5.74, 6) is -1.11. The van der Waals surface area contributed by atoms with Gasteiger partial charge >= 0.3 is 6.18 Å². The highest BCUT2D eigenvalue weighted by atomic mass is 19.4. The summed E-state index contributed by atoms with van der Waals surface area (Å²) in [5.41, 5.74) is 6.22. The number of nitrogens with zero attached hydrogens (tertiary/aromatic N) is 2. The van der Waals surface area contributed by atoms with Gasteiger partial charge in [0.1, 0.15) is 6.54 Å². The van der Waals surface area contributed by atoms with E-state index in [2.05, 4.69) is 0 Å². The number of rotatable bonds is 3. The second-order valence-electron chi connectivity index (χ2n) is 5.79. The van der Waals surface area contributed by atoms with E-state index in [1.165, 1.54) is 10.8 Å². The van der Waals surface area contributed by atoms with Crippen molar-refractivity contribution in [3.63, 3.8) is 0 Å². The number of alkyl halides is 3. The molecule has 0 unspecified atom stereocenters. The molecule has 1 fully saturated rings. The van der Waals surface area contributed by atoms with Crippen molar-refractivity contribution in [3.05, 3.63) is 36.0 Å². The second-order valence-corrected chi connectivity index (χ2v) is 5.79. The van der Waals surface area contributed by atoms with Crippen molar-refractivity contribution in [2.24, 2.45) is 5.73 Å². The number of aromatic nitrogens is 1. The van der Waals surface area contributed by atoms with E-state index in [0.717, 1.165) is 4.90 Å². The van der Waals surface area contributed by atoms with Gasteiger partial charge < -0.3 is 19.9 Å². The molecule has 2 heterocycles. The SMILES string of the molecule is NC(=O)c1cn(CC(=O)N2CCO[C@@H](C(F)(F)F)C2)c2ccccc12. The number of para-hydroxylation sites is 1. The molecule has 1 saturated heterocycles. The number of carbonyl (C=O) groups is 2. The lowest BCUT2D eigenvalue weighted by molar-refractivity contribution is -0.236. The number of hydrogen-bond donors (Lipinski definition) is 1. The Labute approximate surface area is 140 Å². The minimum atomic E-state index is -4.52. The number of amides is 2. The first kappa shape index (κ1) is 17.3. The Balaban J connectivity index is 1.82. The monoisotopic (exact) mass is 355 g/mol. The zero-order valence-electron chi connectivity index (χ0n) is 13.1. The maximum atomic E-state index is 12.8. The predicted octanol–water partition coefficient (Wildman–Crippen LogP) is 1.53. The Morgan fingerprint density at radius 2 is 2.00 bits per heavy atom. The third-order valence-corrected chi connectivity index (χ3v) is 4.14. The van der Waals surface area contributed by atoms with E-state index in [-0.39, 0.29) is 25.3 Å². The summed E-state index contributed by atoms with van der Waals surface area (Å²) in [6.45, 7) is -0.801. The summed E-state index contributed by atoms with van der Waals surface area (Å²) < 4.78 is 44.6. The first-order valence-corrected chi connectivity index (χ1v) is 7.61. The van der Waals surface area contributed by atoms with Crippen molar-refractivity contribution in [1.29, 1.82) is 0 Å². The van der Waals surface area contributed by atoms with Gasteiger partial charge in [-0.3, -0.25) is 9.59 Å². The van der Waals surface area contributed by atoms with Gasteiger partial charge in [0.25, 0.3) is 5.91 Å². The van der Waals surface area contributed by atoms with Gasteiger partial charge in [0.05, 0.1) is 18.7 Å². The van der Waals surface area contributed by atoms with Crippen molar-refractivity contribution >= 4 is 22.7 Å². The van der Waals surface area contributed by atoms with Crippen LogP contribution in [-0.2, 0) is 16.1 Å². The molecule has 134 valence electrons. The van der Waals surface area contributed by atoms with E-state index in [4.69, 9.17) is 10.5 Å². The van der Waals surface area contributed by atoms with Gasteiger partial charge in [0, 0.05) is 23.6 Å². The van der Waals surface area contributed by atoms with Crippen molar-refractivity contribution in [2.45, 2.75) is 18.8 Å². The van der Waals surface area contributed by atoms with Gasteiger partial charge in [-0.25, -0.2) is 0 Å². The molecular weight excluding hydrogens is 339 g/mol. The quantitative estimate of drug-likeness (QED) is 0.907. The molecular formula is C16H16F3N3O3. The molecule has 1 aromatic heterocycles. The molecule has 1 aliphatic heterocycles. The van der Waals surface area contributed by atoms with Gasteiger partial charge in [0.15, 0.2) is 6.10 Å². The van der Waals surface area contributed by atoms with Gasteiger partial charge in [0.2, 0.25) is 5.91 Å². The lowest BCUT2D eigenvalue weighted by Gasteiger charge is -2.34. The molecule has 25 heavy (non-hydrogen) atoms. The van der Waals surface area contributed by atoms with E-state index in [1.807, 2.05) is 0 Å². The molecule has 1 atom stereocenters. The molecule has 2 aromatic rings. The van der Waals surface area contributed by atoms with Crippen molar-refractivity contribution in [3.8, 4) is 0 Å². The Morgan fingerprint density at radius 1 is 1.28 bits per heavy atom. The number of fused-ring (bicyclic) bond motifs is 1. The minimum Gasteiger partial charge on any atom is -0.366 e. The fourth-order valence-electron chi connectivity index (χ4n) is 2.89. The number of hydrogen-bond acceptors (Lipinski definition) is 3. The molecule has 0 saturated carbocycles. The third kappa shape index (κ3) is 3.46. The maximum Gasteiger partial charge on any atom is 0.416 e. The molecule has 1 aromatic carbocycles. The predicted molar refractivity (Wildman–Crippen MR) is 82.8 cm³/mol. The lowest BCUT2D eigenvalue weighted by Crippen LogP contribution is -2.51. The van der Waals surface area contributed by atoms with Crippen LogP contribution < -0.4 is 5.73 Å². The molecule has 0 aliphatic carbocycles. The summed E-state index contributed by atoms with van der Waals surface area (Å²) in [6, 6.07) is 6.89. The van der Waals surface area contributed by atoms with Crippen LogP contribution in [0.15, 0.2) is 30.5 Å². The van der Waals surface area contributed by atoms with E-state index in [1.54, 1.807) is 24.3 Å². The summed E-state index contributed by atoms with van der Waals surface area (Å²) >= 11 is 0. The average molecular weight is 355 g/mol. The number of halogens is 3. The zero-order valence-corrected chi connectivity index (χ0v) is 13.1. The summed E-state index contributed by atoms with van der Waals surface area (Å²) in [7, 11) is 0. The molecule has 0 radical (unpaired) electrons. The zero-order chi connectivity index (χ0) is 18.2. The van der Waals surface area contributed by atoms with E-state index in [9.17, 15) is 22.8 Å². The van der Waals surface area contributed by atoms with Crippen LogP contribution in [0.25, 0.3) is 10.9 Å². The van der Waals surface area contributed by atoms with Gasteiger partial charge in [-0.05, 0) is 6.07 Å². The fraction of sp³-hybridized carbons (Fsp3) is 0.375. The highest BCUT2D eigenvalue weighted by molar-refractivity contribution is 6.06. The van der Waals surface area contributed by atoms with Crippen LogP contribution in [0, 0.1) is 0 Å². The molecule has 0 spiro atoms. The Morgan fingerprint density at radius 3 is 2.68 bits per heavy atom. The molecule has 1 aliphatic rings. The standard InChI is InChI=1S/C16H16F3N3O3/c17-16(18,19)13-8-21(5-6-25-13)14(23)9-22-7-11(15(20)24)10-3-1-2-4-12(10)22/h1-4,7,13H,5-6,8-9H2,(H2,20,24)/t13-/m1/s1. The lowest BCUT2D eigenvalue weighted by atomic mass is 10.2. The molecule has 9 heteroatoms. The number of morpholine rings is 1. The minimum absolute atomic E-state index is 0.0906. The first-order valence-electron chi connectivity index (χ1n) is 7.61. The smallest absolute Gasteiger partial charge is 0.366 e. The van der Waals surface area contributed by atoms with Crippen molar-refractivity contribution in [1.82, 2.24) is 9.47 Å². The average Bonchev–Trinajstić information content (AvgIpc) is 2.93. The first-order chi connectivity index (χ1) is 11.8. The fourth-order valence-corrected chi connectivity index (χ4v) is 2.89. The molecule has 3 rings (SSSR count). The molecule has 0 bridgehead atoms. The summed E-state index contributed by atoms with van der Waals surface area (Å²) in [6.07, 6.45) is -5.04. The number of carbonyl (C=O) groups excluding carboxylic acids is 2. The van der Waals surface area contributed by atoms with Crippen molar-refractivity contribution in [2.75, 3.05) is 19.7 Å². The summed E-state index contributed by atoms with van der Waals surface area (Å²) in [5, 5.41) is 0.595. The van der Waals surface area contributed by atoms with Gasteiger partial charge in [-0.15, -0.1) is 0 Å². The maximum absolute atomic E-state index is 12.8. The van der Waals surface area contributed by atoms with E-state index in [0.29, 0.717) is 10.9 Å². The van der Waals surface area contributed by atoms with Crippen molar-refractivity contribution < 1.29 is 27.5 Å². The van der Waals surface area contributed by atoms with Crippen LogP contribution in [0.4, 0.5) is 13.2 Å². The Hall–Kier alpha value is -2.55. The summed E-state index contributed by atoms with van der Waals surface area (Å²) in [4.78, 5) is 25.1. The van der Waals surface area contributed by atoms with Gasteiger partial charge in [-0.2, -0.15) is 13.2 Å². The van der Waals surface area contributed by atoms with Crippen LogP contribution in [0.5, 0.6) is 0 Å². The molecule has 6 nitrogen and oxygen atoms in total. The highest BCUT2D eigenvalue weighted by Crippen LogP contribution is 2.26. The number of benzene rings is 1. The van der Waals surface area contributed by atoms with Gasteiger partial charge in [-0.1, -0.05) is 18.2 Å². The topological polar surface area (TPSA) is 77.6 Å². The van der Waals surface area contributed by atoms with Crippen LogP contribution in [0.2, 0.25) is 0 Å². The van der Waals surface area contributed by atoms with E-state index < -0.39 is 30.6 Å². The second kappa shape index (κ2) is 6.40. The number of nitrogens with two attached hydrogens (primary N) is 1. The van der Waals surface area contributed by atoms with E-state index >= 15 is 0 Å². The van der Waals surface area contributed by atoms with Crippen LogP contribution in [0.1, 0.15) is 10.4 Å². The number of ether oxygens (including phenoxy) is 1. The normalized spacial score (nSPS) is 18.5. The molecule has 2 amide bonds.